The van der Waals surface area contributed by atoms with Crippen molar-refractivity contribution in [3.8, 4) is 0 Å². The number of nitrogens with zero attached hydrogens (tertiary/aromatic N) is 1. The van der Waals surface area contributed by atoms with Gasteiger partial charge in [0.1, 0.15) is 0 Å². The van der Waals surface area contributed by atoms with E-state index in [1.165, 1.54) is 25.7 Å². The van der Waals surface area contributed by atoms with Gasteiger partial charge in [-0.25, -0.2) is 0 Å². The van der Waals surface area contributed by atoms with Crippen molar-refractivity contribution in [3.63, 3.8) is 0 Å². The lowest BCUT2D eigenvalue weighted by molar-refractivity contribution is 0.293. The minimum atomic E-state index is 0.711. The highest BCUT2D eigenvalue weighted by Gasteiger charge is 2.19. The summed E-state index contributed by atoms with van der Waals surface area (Å²) >= 11 is 3.48. The predicted molar refractivity (Wildman–Crippen MR) is 76.0 cm³/mol. The lowest BCUT2D eigenvalue weighted by Gasteiger charge is -2.27. The van der Waals surface area contributed by atoms with Gasteiger partial charge in [-0.05, 0) is 40.6 Å². The molecule has 2 unspecified atom stereocenters. The van der Waals surface area contributed by atoms with Gasteiger partial charge in [-0.2, -0.15) is 0 Å². The summed E-state index contributed by atoms with van der Waals surface area (Å²) in [5, 5.41) is 3.46. The van der Waals surface area contributed by atoms with Crippen molar-refractivity contribution < 1.29 is 0 Å². The fourth-order valence-electron chi connectivity index (χ4n) is 2.63. The monoisotopic (exact) mass is 297 g/mol. The highest BCUT2D eigenvalue weighted by Crippen LogP contribution is 2.31. The standard InChI is InChI=1S/C13H20BrN3/c1-9-3-2-4-10(5-9)6-17-13-11(14)7-16-8-12(13)15/h7-10H,2-6,15H2,1H3,(H,16,17). The van der Waals surface area contributed by atoms with Crippen molar-refractivity contribution >= 4 is 27.3 Å². The maximum absolute atomic E-state index is 5.91. The van der Waals surface area contributed by atoms with Crippen LogP contribution in [0.15, 0.2) is 16.9 Å². The molecule has 0 aromatic carbocycles. The number of nitrogens with two attached hydrogens (primary N) is 1. The van der Waals surface area contributed by atoms with Gasteiger partial charge in [-0.1, -0.05) is 19.8 Å². The molecule has 4 heteroatoms. The second-order valence-corrected chi connectivity index (χ2v) is 5.96. The zero-order valence-electron chi connectivity index (χ0n) is 10.2. The summed E-state index contributed by atoms with van der Waals surface area (Å²) in [6.07, 6.45) is 8.88. The summed E-state index contributed by atoms with van der Waals surface area (Å²) in [5.41, 5.74) is 7.61. The fourth-order valence-corrected chi connectivity index (χ4v) is 3.12. The Kier molecular flexibility index (Phi) is 4.26. The number of nitrogen functional groups attached to an aromatic ring is 1. The third kappa shape index (κ3) is 3.35. The summed E-state index contributed by atoms with van der Waals surface area (Å²) in [7, 11) is 0. The van der Waals surface area contributed by atoms with Gasteiger partial charge in [-0.15, -0.1) is 0 Å². The molecular formula is C13H20BrN3. The number of nitrogens with one attached hydrogen (secondary N) is 1. The van der Waals surface area contributed by atoms with Crippen molar-refractivity contribution in [1.82, 2.24) is 4.98 Å². The first-order valence-corrected chi connectivity index (χ1v) is 7.09. The van der Waals surface area contributed by atoms with Gasteiger partial charge in [0.25, 0.3) is 0 Å². The Morgan fingerprint density at radius 1 is 1.47 bits per heavy atom. The average Bonchev–Trinajstić information content (AvgIpc) is 2.28. The minimum absolute atomic E-state index is 0.711. The summed E-state index contributed by atoms with van der Waals surface area (Å²) in [6, 6.07) is 0. The van der Waals surface area contributed by atoms with E-state index in [4.69, 9.17) is 5.73 Å². The number of halogens is 1. The van der Waals surface area contributed by atoms with Gasteiger partial charge in [0.05, 0.1) is 22.0 Å². The molecule has 0 aliphatic heterocycles. The molecule has 1 aliphatic carbocycles. The van der Waals surface area contributed by atoms with E-state index in [1.807, 2.05) is 0 Å². The molecule has 0 amide bonds. The Bertz CT molecular complexity index is 361. The molecule has 17 heavy (non-hydrogen) atoms. The van der Waals surface area contributed by atoms with Crippen LogP contribution in [0.4, 0.5) is 11.4 Å². The first kappa shape index (κ1) is 12.7. The second-order valence-electron chi connectivity index (χ2n) is 5.10. The molecule has 2 rings (SSSR count). The van der Waals surface area contributed by atoms with E-state index in [0.717, 1.165) is 28.5 Å². The van der Waals surface area contributed by atoms with Gasteiger partial charge >= 0.3 is 0 Å². The van der Waals surface area contributed by atoms with Crippen LogP contribution in [0.3, 0.4) is 0 Å². The lowest BCUT2D eigenvalue weighted by Crippen LogP contribution is -2.21. The van der Waals surface area contributed by atoms with Crippen molar-refractivity contribution in [2.45, 2.75) is 32.6 Å². The lowest BCUT2D eigenvalue weighted by atomic mass is 9.82. The number of hydrogen-bond acceptors (Lipinski definition) is 3. The normalized spacial score (nSPS) is 24.6. The smallest absolute Gasteiger partial charge is 0.0750 e. The van der Waals surface area contributed by atoms with E-state index >= 15 is 0 Å². The molecule has 0 bridgehead atoms. The van der Waals surface area contributed by atoms with Crippen LogP contribution in [0, 0.1) is 11.8 Å². The van der Waals surface area contributed by atoms with Crippen molar-refractivity contribution in [2.75, 3.05) is 17.6 Å². The minimum Gasteiger partial charge on any atom is -0.396 e. The van der Waals surface area contributed by atoms with Crippen LogP contribution >= 0.6 is 15.9 Å². The number of hydrogen-bond donors (Lipinski definition) is 2. The second kappa shape index (κ2) is 5.71. The van der Waals surface area contributed by atoms with E-state index in [2.05, 4.69) is 33.2 Å². The van der Waals surface area contributed by atoms with E-state index in [1.54, 1.807) is 12.4 Å². The summed E-state index contributed by atoms with van der Waals surface area (Å²) in [6.45, 7) is 3.36. The van der Waals surface area contributed by atoms with Gasteiger partial charge in [-0.3, -0.25) is 4.98 Å². The van der Waals surface area contributed by atoms with E-state index < -0.39 is 0 Å². The highest BCUT2D eigenvalue weighted by atomic mass is 79.9. The molecule has 3 N–H and O–H groups in total. The number of pyridine rings is 1. The van der Waals surface area contributed by atoms with Crippen molar-refractivity contribution in [3.05, 3.63) is 16.9 Å². The quantitative estimate of drug-likeness (QED) is 0.895. The van der Waals surface area contributed by atoms with Crippen LogP contribution in [0.5, 0.6) is 0 Å². The first-order valence-electron chi connectivity index (χ1n) is 6.29. The summed E-state index contributed by atoms with van der Waals surface area (Å²) < 4.78 is 0.946. The van der Waals surface area contributed by atoms with Gasteiger partial charge in [0.2, 0.25) is 0 Å². The highest BCUT2D eigenvalue weighted by molar-refractivity contribution is 9.10. The Balaban J connectivity index is 1.93. The largest absolute Gasteiger partial charge is 0.396 e. The van der Waals surface area contributed by atoms with Crippen LogP contribution < -0.4 is 11.1 Å². The van der Waals surface area contributed by atoms with Gasteiger partial charge in [0, 0.05) is 12.7 Å². The van der Waals surface area contributed by atoms with E-state index in [9.17, 15) is 0 Å². The zero-order chi connectivity index (χ0) is 12.3. The van der Waals surface area contributed by atoms with Crippen molar-refractivity contribution in [2.24, 2.45) is 11.8 Å². The topological polar surface area (TPSA) is 50.9 Å². The molecule has 94 valence electrons. The molecule has 0 spiro atoms. The molecule has 0 radical (unpaired) electrons. The van der Waals surface area contributed by atoms with Crippen LogP contribution in [0.2, 0.25) is 0 Å². The Morgan fingerprint density at radius 2 is 2.29 bits per heavy atom. The Labute approximate surface area is 111 Å². The maximum atomic E-state index is 5.91. The SMILES string of the molecule is CC1CCCC(CNc2c(N)cncc2Br)C1. The summed E-state index contributed by atoms with van der Waals surface area (Å²) in [5.74, 6) is 1.65. The zero-order valence-corrected chi connectivity index (χ0v) is 11.8. The molecule has 1 aliphatic rings. The molecule has 2 atom stereocenters. The molecule has 3 nitrogen and oxygen atoms in total. The van der Waals surface area contributed by atoms with Gasteiger partial charge in [0.15, 0.2) is 0 Å². The van der Waals surface area contributed by atoms with E-state index in [-0.39, 0.29) is 0 Å². The Morgan fingerprint density at radius 3 is 3.00 bits per heavy atom. The predicted octanol–water partition coefficient (Wildman–Crippen LogP) is 3.66. The fraction of sp³-hybridized carbons (Fsp3) is 0.615. The molecule has 1 heterocycles. The van der Waals surface area contributed by atoms with Crippen LogP contribution in [-0.2, 0) is 0 Å². The molecule has 0 saturated heterocycles. The molecule has 1 fully saturated rings. The van der Waals surface area contributed by atoms with Crippen LogP contribution in [0.1, 0.15) is 32.6 Å². The van der Waals surface area contributed by atoms with E-state index in [0.29, 0.717) is 5.69 Å². The third-order valence-corrected chi connectivity index (χ3v) is 4.14. The first-order chi connectivity index (χ1) is 8.16. The maximum Gasteiger partial charge on any atom is 0.0750 e. The molecular weight excluding hydrogens is 278 g/mol. The molecule has 1 aromatic rings. The number of rotatable bonds is 3. The van der Waals surface area contributed by atoms with Gasteiger partial charge < -0.3 is 11.1 Å². The third-order valence-electron chi connectivity index (χ3n) is 3.54. The molecule has 1 saturated carbocycles. The molecule has 1 aromatic heterocycles. The average molecular weight is 298 g/mol. The summed E-state index contributed by atoms with van der Waals surface area (Å²) in [4.78, 5) is 4.04. The van der Waals surface area contributed by atoms with Crippen LogP contribution in [-0.4, -0.2) is 11.5 Å². The number of aromatic nitrogens is 1. The number of anilines is 2. The van der Waals surface area contributed by atoms with Crippen LogP contribution in [0.25, 0.3) is 0 Å². The van der Waals surface area contributed by atoms with Crippen molar-refractivity contribution in [1.29, 1.82) is 0 Å². The Hall–Kier alpha value is -0.770.